The molecule has 3 aromatic rings. The van der Waals surface area contributed by atoms with Gasteiger partial charge in [-0.15, -0.1) is 0 Å². The van der Waals surface area contributed by atoms with Gasteiger partial charge >= 0.3 is 0 Å². The fourth-order valence-electron chi connectivity index (χ4n) is 2.72. The number of nitrogens with zero attached hydrogens (tertiary/aromatic N) is 2. The van der Waals surface area contributed by atoms with Gasteiger partial charge in [0.05, 0.1) is 17.7 Å². The summed E-state index contributed by atoms with van der Waals surface area (Å²) in [6.45, 7) is 0.482. The Morgan fingerprint density at radius 2 is 1.43 bits per heavy atom. The van der Waals surface area contributed by atoms with Crippen LogP contribution in [0.2, 0.25) is 0 Å². The predicted molar refractivity (Wildman–Crippen MR) is 81.6 cm³/mol. The van der Waals surface area contributed by atoms with Crippen LogP contribution >= 0.6 is 0 Å². The molecule has 0 spiro atoms. The number of fused-ring (bicyclic) bond motifs is 2. The maximum absolute atomic E-state index is 9.55. The van der Waals surface area contributed by atoms with Crippen molar-refractivity contribution < 1.29 is 4.74 Å². The van der Waals surface area contributed by atoms with E-state index in [-0.39, 0.29) is 0 Å². The lowest BCUT2D eigenvalue weighted by molar-refractivity contribution is 0.185. The lowest BCUT2D eigenvalue weighted by Gasteiger charge is -2.10. The molecule has 0 amide bonds. The van der Waals surface area contributed by atoms with Gasteiger partial charge in [-0.1, -0.05) is 36.4 Å². The Kier molecular flexibility index (Phi) is 3.28. The fourth-order valence-corrected chi connectivity index (χ4v) is 2.72. The summed E-state index contributed by atoms with van der Waals surface area (Å²) < 4.78 is 5.15. The van der Waals surface area contributed by atoms with E-state index in [0.29, 0.717) is 17.7 Å². The monoisotopic (exact) mass is 272 g/mol. The Labute approximate surface area is 122 Å². The minimum Gasteiger partial charge on any atom is -0.380 e. The SMILES string of the molecule is COCc1ccc2c(C#N)c3ccccc3c(C#N)c2c1. The van der Waals surface area contributed by atoms with Crippen molar-refractivity contribution in [2.45, 2.75) is 6.61 Å². The summed E-state index contributed by atoms with van der Waals surface area (Å²) in [5.41, 5.74) is 2.21. The number of ether oxygens (including phenoxy) is 1. The molecule has 21 heavy (non-hydrogen) atoms. The number of hydrogen-bond acceptors (Lipinski definition) is 3. The molecule has 0 saturated heterocycles. The third kappa shape index (κ3) is 2.01. The number of nitriles is 2. The highest BCUT2D eigenvalue weighted by atomic mass is 16.5. The fraction of sp³-hybridized carbons (Fsp3) is 0.111. The van der Waals surface area contributed by atoms with Gasteiger partial charge < -0.3 is 4.74 Å². The van der Waals surface area contributed by atoms with Crippen LogP contribution in [0.5, 0.6) is 0 Å². The number of methoxy groups -OCH3 is 1. The normalized spacial score (nSPS) is 10.4. The molecule has 3 nitrogen and oxygen atoms in total. The van der Waals surface area contributed by atoms with Gasteiger partial charge in [-0.25, -0.2) is 0 Å². The van der Waals surface area contributed by atoms with Crippen LogP contribution in [0, 0.1) is 22.7 Å². The highest BCUT2D eigenvalue weighted by Gasteiger charge is 2.13. The average molecular weight is 272 g/mol. The third-order valence-corrected chi connectivity index (χ3v) is 3.62. The van der Waals surface area contributed by atoms with Gasteiger partial charge in [0.1, 0.15) is 12.1 Å². The van der Waals surface area contributed by atoms with Crippen molar-refractivity contribution in [3.8, 4) is 12.1 Å². The first-order chi connectivity index (χ1) is 10.3. The van der Waals surface area contributed by atoms with Gasteiger partial charge in [0.15, 0.2) is 0 Å². The van der Waals surface area contributed by atoms with Crippen molar-refractivity contribution >= 4 is 21.5 Å². The summed E-state index contributed by atoms with van der Waals surface area (Å²) in [6.07, 6.45) is 0. The molecule has 3 heteroatoms. The minimum atomic E-state index is 0.482. The second kappa shape index (κ2) is 5.25. The van der Waals surface area contributed by atoms with E-state index in [1.165, 1.54) is 0 Å². The van der Waals surface area contributed by atoms with Crippen molar-refractivity contribution in [2.24, 2.45) is 0 Å². The minimum absolute atomic E-state index is 0.482. The topological polar surface area (TPSA) is 56.8 Å². The molecule has 0 aliphatic rings. The van der Waals surface area contributed by atoms with Gasteiger partial charge in [-0.2, -0.15) is 10.5 Å². The Morgan fingerprint density at radius 1 is 0.857 bits per heavy atom. The molecule has 3 aromatic carbocycles. The zero-order valence-electron chi connectivity index (χ0n) is 11.6. The van der Waals surface area contributed by atoms with Gasteiger partial charge in [-0.05, 0) is 11.6 Å². The summed E-state index contributed by atoms with van der Waals surface area (Å²) in [6, 6.07) is 17.9. The van der Waals surface area contributed by atoms with Crippen molar-refractivity contribution in [1.29, 1.82) is 10.5 Å². The van der Waals surface area contributed by atoms with Crippen molar-refractivity contribution in [2.75, 3.05) is 7.11 Å². The molecule has 0 N–H and O–H groups in total. The van der Waals surface area contributed by atoms with E-state index in [2.05, 4.69) is 12.1 Å². The van der Waals surface area contributed by atoms with Gasteiger partial charge in [-0.3, -0.25) is 0 Å². The van der Waals surface area contributed by atoms with Gasteiger partial charge in [0.25, 0.3) is 0 Å². The second-order valence-corrected chi connectivity index (χ2v) is 4.83. The van der Waals surface area contributed by atoms with E-state index in [4.69, 9.17) is 4.74 Å². The zero-order chi connectivity index (χ0) is 14.8. The number of hydrogen-bond donors (Lipinski definition) is 0. The highest BCUT2D eigenvalue weighted by Crippen LogP contribution is 2.32. The first-order valence-corrected chi connectivity index (χ1v) is 6.56. The van der Waals surface area contributed by atoms with E-state index in [1.54, 1.807) is 7.11 Å². The molecule has 0 fully saturated rings. The average Bonchev–Trinajstić information content (AvgIpc) is 2.52. The summed E-state index contributed by atoms with van der Waals surface area (Å²) in [4.78, 5) is 0. The van der Waals surface area contributed by atoms with E-state index >= 15 is 0 Å². The first-order valence-electron chi connectivity index (χ1n) is 6.56. The standard InChI is InChI=1S/C18H12N2O/c1-21-11-12-6-7-15-16(8-12)18(10-20)14-5-3-2-4-13(14)17(15)9-19/h2-8H,11H2,1H3. The molecule has 0 radical (unpaired) electrons. The van der Waals surface area contributed by atoms with Crippen LogP contribution in [0.15, 0.2) is 42.5 Å². The van der Waals surface area contributed by atoms with Crippen LogP contribution in [0.4, 0.5) is 0 Å². The summed E-state index contributed by atoms with van der Waals surface area (Å²) >= 11 is 0. The lowest BCUT2D eigenvalue weighted by Crippen LogP contribution is -1.93. The highest BCUT2D eigenvalue weighted by molar-refractivity contribution is 6.09. The van der Waals surface area contributed by atoms with Crippen LogP contribution in [0.1, 0.15) is 16.7 Å². The Bertz CT molecular complexity index is 930. The molecule has 0 heterocycles. The van der Waals surface area contributed by atoms with E-state index in [1.807, 2.05) is 42.5 Å². The Morgan fingerprint density at radius 3 is 2.00 bits per heavy atom. The van der Waals surface area contributed by atoms with Gasteiger partial charge in [0, 0.05) is 28.7 Å². The molecule has 0 aliphatic carbocycles. The molecule has 0 aromatic heterocycles. The lowest BCUT2D eigenvalue weighted by atomic mass is 9.92. The van der Waals surface area contributed by atoms with Crippen LogP contribution < -0.4 is 0 Å². The number of rotatable bonds is 2. The molecular formula is C18H12N2O. The summed E-state index contributed by atoms with van der Waals surface area (Å²) in [5, 5.41) is 22.3. The largest absolute Gasteiger partial charge is 0.380 e. The molecular weight excluding hydrogens is 260 g/mol. The smallest absolute Gasteiger partial charge is 0.100 e. The van der Waals surface area contributed by atoms with Crippen molar-refractivity contribution in [1.82, 2.24) is 0 Å². The maximum atomic E-state index is 9.55. The summed E-state index contributed by atoms with van der Waals surface area (Å²) in [7, 11) is 1.64. The third-order valence-electron chi connectivity index (χ3n) is 3.62. The molecule has 0 unspecified atom stereocenters. The molecule has 0 atom stereocenters. The molecule has 0 bridgehead atoms. The second-order valence-electron chi connectivity index (χ2n) is 4.83. The van der Waals surface area contributed by atoms with Crippen LogP contribution in [0.3, 0.4) is 0 Å². The Hall–Kier alpha value is -2.88. The van der Waals surface area contributed by atoms with E-state index in [0.717, 1.165) is 27.1 Å². The van der Waals surface area contributed by atoms with Crippen LogP contribution in [-0.2, 0) is 11.3 Å². The molecule has 100 valence electrons. The van der Waals surface area contributed by atoms with E-state index in [9.17, 15) is 10.5 Å². The first kappa shape index (κ1) is 13.1. The summed E-state index contributed by atoms with van der Waals surface area (Å²) in [5.74, 6) is 0. The Balaban J connectivity index is 2.53. The van der Waals surface area contributed by atoms with Crippen LogP contribution in [-0.4, -0.2) is 7.11 Å². The van der Waals surface area contributed by atoms with Crippen molar-refractivity contribution in [3.05, 3.63) is 59.2 Å². The van der Waals surface area contributed by atoms with Crippen molar-refractivity contribution in [3.63, 3.8) is 0 Å². The molecule has 0 aliphatic heterocycles. The van der Waals surface area contributed by atoms with Crippen LogP contribution in [0.25, 0.3) is 21.5 Å². The number of benzene rings is 3. The maximum Gasteiger partial charge on any atom is 0.100 e. The zero-order valence-corrected chi connectivity index (χ0v) is 11.6. The quantitative estimate of drug-likeness (QED) is 0.665. The predicted octanol–water partition coefficient (Wildman–Crippen LogP) is 3.88. The van der Waals surface area contributed by atoms with Gasteiger partial charge in [0.2, 0.25) is 0 Å². The molecule has 0 saturated carbocycles. The molecule has 3 rings (SSSR count). The van der Waals surface area contributed by atoms with E-state index < -0.39 is 0 Å².